The molecule has 0 aliphatic heterocycles. The number of nitriles is 1. The number of carbonyl (C=O) groups excluding carboxylic acids is 2. The molecule has 31 heavy (non-hydrogen) atoms. The molecule has 1 aromatic rings. The van der Waals surface area contributed by atoms with E-state index >= 15 is 0 Å². The van der Waals surface area contributed by atoms with Gasteiger partial charge in [-0.15, -0.1) is 0 Å². The fourth-order valence-electron chi connectivity index (χ4n) is 2.30. The molecule has 8 heteroatoms. The first-order valence-electron chi connectivity index (χ1n) is 9.99. The first-order chi connectivity index (χ1) is 14.3. The van der Waals surface area contributed by atoms with Crippen molar-refractivity contribution in [3.05, 3.63) is 35.4 Å². The van der Waals surface area contributed by atoms with Crippen molar-refractivity contribution in [1.29, 1.82) is 5.26 Å². The summed E-state index contributed by atoms with van der Waals surface area (Å²) in [7, 11) is 1.63. The maximum absolute atomic E-state index is 12.0. The van der Waals surface area contributed by atoms with Crippen LogP contribution in [0.15, 0.2) is 24.3 Å². The second kappa shape index (κ2) is 14.2. The average molecular weight is 499 g/mol. The van der Waals surface area contributed by atoms with Crippen molar-refractivity contribution in [3.8, 4) is 6.07 Å². The van der Waals surface area contributed by atoms with Crippen molar-refractivity contribution in [2.45, 2.75) is 59.3 Å². The highest BCUT2D eigenvalue weighted by Crippen LogP contribution is 2.10. The lowest BCUT2D eigenvalue weighted by molar-refractivity contribution is -0.156. The maximum Gasteiger partial charge on any atom is 0.320 e. The molecule has 0 aliphatic carbocycles. The number of alkyl halides is 1. The van der Waals surface area contributed by atoms with Crippen LogP contribution in [-0.2, 0) is 30.3 Å². The molecule has 0 heterocycles. The largest absolute Gasteiger partial charge is 0.459 e. The van der Waals surface area contributed by atoms with Crippen LogP contribution in [0.3, 0.4) is 0 Å². The molecule has 0 bridgehead atoms. The van der Waals surface area contributed by atoms with Gasteiger partial charge in [0.1, 0.15) is 16.5 Å². The van der Waals surface area contributed by atoms with Crippen molar-refractivity contribution < 1.29 is 23.8 Å². The molecule has 7 nitrogen and oxygen atoms in total. The Hall–Kier alpha value is -1.95. The average Bonchev–Trinajstić information content (AvgIpc) is 2.64. The molecule has 0 unspecified atom stereocenters. The van der Waals surface area contributed by atoms with Crippen LogP contribution in [0.1, 0.15) is 52.7 Å². The summed E-state index contributed by atoms with van der Waals surface area (Å²) < 4.78 is 15.4. The minimum atomic E-state index is -0.488. The summed E-state index contributed by atoms with van der Waals surface area (Å²) in [6.07, 6.45) is 0. The number of methoxy groups -OCH3 is 1. The van der Waals surface area contributed by atoms with Gasteiger partial charge in [-0.2, -0.15) is 5.26 Å². The van der Waals surface area contributed by atoms with E-state index in [1.807, 2.05) is 58.6 Å². The molecule has 0 fully saturated rings. The van der Waals surface area contributed by atoms with Gasteiger partial charge in [0.25, 0.3) is 0 Å². The zero-order valence-corrected chi connectivity index (χ0v) is 21.2. The van der Waals surface area contributed by atoms with E-state index < -0.39 is 5.60 Å². The topological polar surface area (TPSA) is 88.9 Å². The van der Waals surface area contributed by atoms with Gasteiger partial charge in [-0.05, 0) is 59.2 Å². The Morgan fingerprint density at radius 1 is 1.00 bits per heavy atom. The number of halogens is 1. The molecule has 0 atom stereocenters. The van der Waals surface area contributed by atoms with Crippen molar-refractivity contribution in [2.24, 2.45) is 0 Å². The van der Waals surface area contributed by atoms with Gasteiger partial charge in [-0.1, -0.05) is 28.1 Å². The molecule has 1 aromatic carbocycles. The third-order valence-electron chi connectivity index (χ3n) is 3.40. The predicted molar refractivity (Wildman–Crippen MR) is 124 cm³/mol. The number of benzene rings is 1. The summed E-state index contributed by atoms with van der Waals surface area (Å²) >= 11 is 2.99. The van der Waals surface area contributed by atoms with Crippen LogP contribution in [0.25, 0.3) is 0 Å². The number of carbonyl (C=O) groups is 2. The summed E-state index contributed by atoms with van der Waals surface area (Å²) in [4.78, 5) is 24.5. The number of rotatable bonds is 8. The van der Waals surface area contributed by atoms with Crippen LogP contribution >= 0.6 is 15.9 Å². The minimum absolute atomic E-state index is 0.209. The molecule has 0 aromatic heterocycles. The quantitative estimate of drug-likeness (QED) is 0.394. The smallest absolute Gasteiger partial charge is 0.320 e. The summed E-state index contributed by atoms with van der Waals surface area (Å²) in [5.74, 6) is -0.472. The fraction of sp³-hybridized carbons (Fsp3) is 0.609. The van der Waals surface area contributed by atoms with Crippen LogP contribution in [0.2, 0.25) is 0 Å². The Balaban J connectivity index is 0.000000842. The number of hydrogen-bond acceptors (Lipinski definition) is 7. The van der Waals surface area contributed by atoms with Crippen molar-refractivity contribution in [3.63, 3.8) is 0 Å². The van der Waals surface area contributed by atoms with Gasteiger partial charge >= 0.3 is 11.9 Å². The number of nitrogens with zero attached hydrogens (tertiary/aromatic N) is 2. The number of ether oxygens (including phenoxy) is 3. The zero-order valence-electron chi connectivity index (χ0n) is 19.7. The second-order valence-corrected chi connectivity index (χ2v) is 9.38. The lowest BCUT2D eigenvalue weighted by atomic mass is 10.1. The third-order valence-corrected chi connectivity index (χ3v) is 3.86. The molecule has 0 saturated carbocycles. The van der Waals surface area contributed by atoms with E-state index in [-0.39, 0.29) is 29.4 Å². The molecule has 0 saturated heterocycles. The van der Waals surface area contributed by atoms with Crippen molar-refractivity contribution in [1.82, 2.24) is 4.90 Å². The normalized spacial score (nSPS) is 11.2. The SMILES string of the molecule is CC(C)(C)OC(=O)CBr.COCCN(CC(=O)OC(C)(C)C)Cc1ccc(C#N)cc1. The minimum Gasteiger partial charge on any atom is -0.459 e. The summed E-state index contributed by atoms with van der Waals surface area (Å²) in [5, 5.41) is 9.08. The molecular formula is C23H35BrN2O5. The lowest BCUT2D eigenvalue weighted by Crippen LogP contribution is -2.36. The Bertz CT molecular complexity index is 715. The maximum atomic E-state index is 12.0. The highest BCUT2D eigenvalue weighted by molar-refractivity contribution is 9.09. The molecule has 0 radical (unpaired) electrons. The van der Waals surface area contributed by atoms with Crippen LogP contribution in [0.4, 0.5) is 0 Å². The van der Waals surface area contributed by atoms with Crippen molar-refractivity contribution >= 4 is 27.9 Å². The molecule has 0 amide bonds. The monoisotopic (exact) mass is 498 g/mol. The fourth-order valence-corrected chi connectivity index (χ4v) is 2.42. The third kappa shape index (κ3) is 16.4. The zero-order chi connectivity index (χ0) is 24.1. The van der Waals surface area contributed by atoms with Crippen LogP contribution < -0.4 is 0 Å². The first kappa shape index (κ1) is 29.1. The van der Waals surface area contributed by atoms with E-state index in [9.17, 15) is 9.59 Å². The van der Waals surface area contributed by atoms with E-state index in [2.05, 4.69) is 22.0 Å². The second-order valence-electron chi connectivity index (χ2n) is 8.82. The van der Waals surface area contributed by atoms with E-state index in [4.69, 9.17) is 19.5 Å². The van der Waals surface area contributed by atoms with Crippen LogP contribution in [-0.4, -0.2) is 60.2 Å². The molecule has 1 rings (SSSR count). The van der Waals surface area contributed by atoms with Gasteiger partial charge in [0.15, 0.2) is 0 Å². The van der Waals surface area contributed by atoms with E-state index in [1.165, 1.54) is 0 Å². The first-order valence-corrected chi connectivity index (χ1v) is 11.1. The highest BCUT2D eigenvalue weighted by Gasteiger charge is 2.19. The van der Waals surface area contributed by atoms with E-state index in [0.717, 1.165) is 5.56 Å². The van der Waals surface area contributed by atoms with Gasteiger partial charge in [0.05, 0.1) is 24.8 Å². The summed E-state index contributed by atoms with van der Waals surface area (Å²) in [6.45, 7) is 13.1. The molecule has 0 spiro atoms. The van der Waals surface area contributed by atoms with Crippen LogP contribution in [0, 0.1) is 11.3 Å². The Kier molecular flexibility index (Phi) is 13.3. The van der Waals surface area contributed by atoms with Gasteiger partial charge in [0.2, 0.25) is 0 Å². The number of esters is 2. The molecule has 174 valence electrons. The molecule has 0 N–H and O–H groups in total. The van der Waals surface area contributed by atoms with Gasteiger partial charge in [-0.25, -0.2) is 0 Å². The Morgan fingerprint density at radius 2 is 1.52 bits per heavy atom. The molecular weight excluding hydrogens is 464 g/mol. The van der Waals surface area contributed by atoms with Gasteiger partial charge in [-0.3, -0.25) is 14.5 Å². The predicted octanol–water partition coefficient (Wildman–Crippen LogP) is 4.07. The molecule has 0 aliphatic rings. The number of hydrogen-bond donors (Lipinski definition) is 0. The summed E-state index contributed by atoms with van der Waals surface area (Å²) in [5.41, 5.74) is 0.821. The van der Waals surface area contributed by atoms with E-state index in [0.29, 0.717) is 25.3 Å². The standard InChI is InChI=1S/C17H24N2O3.C6H11BrO2/c1-17(2,3)22-16(20)13-19(9-10-21-4)12-15-7-5-14(11-18)6-8-15;1-6(2,3)9-5(8)4-7/h5-8H,9-10,12-13H2,1-4H3;4H2,1-3H3. The Labute approximate surface area is 194 Å². The highest BCUT2D eigenvalue weighted by atomic mass is 79.9. The van der Waals surface area contributed by atoms with Crippen molar-refractivity contribution in [2.75, 3.05) is 32.1 Å². The van der Waals surface area contributed by atoms with Gasteiger partial charge in [0, 0.05) is 20.2 Å². The van der Waals surface area contributed by atoms with Gasteiger partial charge < -0.3 is 14.2 Å². The van der Waals surface area contributed by atoms with Crippen LogP contribution in [0.5, 0.6) is 0 Å². The van der Waals surface area contributed by atoms with E-state index in [1.54, 1.807) is 19.2 Å². The summed E-state index contributed by atoms with van der Waals surface area (Å²) in [6, 6.07) is 9.43. The Morgan fingerprint density at radius 3 is 1.90 bits per heavy atom. The lowest BCUT2D eigenvalue weighted by Gasteiger charge is -2.25.